The molecule has 0 unspecified atom stereocenters. The third-order valence-corrected chi connectivity index (χ3v) is 3.74. The summed E-state index contributed by atoms with van der Waals surface area (Å²) in [4.78, 5) is 48.8. The van der Waals surface area contributed by atoms with Gasteiger partial charge in [-0.15, -0.1) is 0 Å². The zero-order chi connectivity index (χ0) is 17.9. The van der Waals surface area contributed by atoms with Crippen LogP contribution in [0.5, 0.6) is 0 Å². The molecule has 0 spiro atoms. The van der Waals surface area contributed by atoms with E-state index >= 15 is 0 Å². The first-order chi connectivity index (χ1) is 11.3. The van der Waals surface area contributed by atoms with E-state index in [-0.39, 0.29) is 18.1 Å². The number of hydrogen-bond acceptors (Lipinski definition) is 5. The molecule has 0 saturated carbocycles. The summed E-state index contributed by atoms with van der Waals surface area (Å²) < 4.78 is 1.08. The van der Waals surface area contributed by atoms with E-state index in [1.807, 2.05) is 0 Å². The van der Waals surface area contributed by atoms with Crippen LogP contribution in [-0.2, 0) is 11.3 Å². The van der Waals surface area contributed by atoms with Crippen molar-refractivity contribution in [1.82, 2.24) is 14.5 Å². The van der Waals surface area contributed by atoms with Gasteiger partial charge < -0.3 is 4.90 Å². The second kappa shape index (κ2) is 6.90. The van der Waals surface area contributed by atoms with E-state index in [4.69, 9.17) is 0 Å². The van der Waals surface area contributed by atoms with Crippen molar-refractivity contribution in [1.29, 1.82) is 0 Å². The fourth-order valence-corrected chi connectivity index (χ4v) is 2.16. The summed E-state index contributed by atoms with van der Waals surface area (Å²) in [5.41, 5.74) is -0.666. The standard InChI is InChI=1S/C15H16N4O5/c1-10(11-4-3-5-12(8-11)19(23)24)17(2)14(21)9-18-7-6-13(20)16-15(18)22/h3-8,10H,9H2,1-2H3,(H,16,20,22)/t10-/m0/s1. The first-order valence-electron chi connectivity index (χ1n) is 7.09. The van der Waals surface area contributed by atoms with Crippen molar-refractivity contribution >= 4 is 11.6 Å². The van der Waals surface area contributed by atoms with Gasteiger partial charge in [0.2, 0.25) is 5.91 Å². The Bertz CT molecular complexity index is 886. The van der Waals surface area contributed by atoms with Crippen LogP contribution >= 0.6 is 0 Å². The molecule has 1 N–H and O–H groups in total. The van der Waals surface area contributed by atoms with E-state index in [0.29, 0.717) is 5.56 Å². The largest absolute Gasteiger partial charge is 0.337 e. The van der Waals surface area contributed by atoms with Crippen LogP contribution in [0.1, 0.15) is 18.5 Å². The molecule has 1 aromatic heterocycles. The first-order valence-corrected chi connectivity index (χ1v) is 7.09. The molecule has 1 aromatic carbocycles. The molecule has 2 rings (SSSR count). The van der Waals surface area contributed by atoms with Crippen molar-refractivity contribution in [3.63, 3.8) is 0 Å². The molecule has 9 heteroatoms. The monoisotopic (exact) mass is 332 g/mol. The Labute approximate surface area is 136 Å². The van der Waals surface area contributed by atoms with Gasteiger partial charge in [-0.3, -0.25) is 29.3 Å². The van der Waals surface area contributed by atoms with E-state index in [9.17, 15) is 24.5 Å². The van der Waals surface area contributed by atoms with Crippen LogP contribution in [0.2, 0.25) is 0 Å². The van der Waals surface area contributed by atoms with Crippen LogP contribution in [0, 0.1) is 10.1 Å². The fraction of sp³-hybridized carbons (Fsp3) is 0.267. The highest BCUT2D eigenvalue weighted by molar-refractivity contribution is 5.76. The minimum atomic E-state index is -0.674. The van der Waals surface area contributed by atoms with E-state index in [0.717, 1.165) is 10.6 Å². The first kappa shape index (κ1) is 17.1. The minimum Gasteiger partial charge on any atom is -0.337 e. The summed E-state index contributed by atoms with van der Waals surface area (Å²) in [6.45, 7) is 1.48. The minimum absolute atomic E-state index is 0.0583. The maximum Gasteiger partial charge on any atom is 0.328 e. The number of benzene rings is 1. The highest BCUT2D eigenvalue weighted by Crippen LogP contribution is 2.23. The van der Waals surface area contributed by atoms with Crippen LogP contribution in [0.15, 0.2) is 46.1 Å². The molecule has 1 atom stereocenters. The van der Waals surface area contributed by atoms with Gasteiger partial charge in [-0.25, -0.2) is 4.79 Å². The Hall–Kier alpha value is -3.23. The number of likely N-dealkylation sites (N-methyl/N-ethyl adjacent to an activating group) is 1. The van der Waals surface area contributed by atoms with Crippen molar-refractivity contribution in [2.45, 2.75) is 19.5 Å². The summed E-state index contributed by atoms with van der Waals surface area (Å²) in [6, 6.07) is 6.75. The third kappa shape index (κ3) is 3.75. The zero-order valence-electron chi connectivity index (χ0n) is 13.1. The van der Waals surface area contributed by atoms with Gasteiger partial charge in [0, 0.05) is 31.4 Å². The predicted octanol–water partition coefficient (Wildman–Crippen LogP) is 0.664. The van der Waals surface area contributed by atoms with Gasteiger partial charge in [-0.1, -0.05) is 12.1 Å². The average Bonchev–Trinajstić information content (AvgIpc) is 2.56. The third-order valence-electron chi connectivity index (χ3n) is 3.74. The molecule has 0 fully saturated rings. The molecule has 0 radical (unpaired) electrons. The van der Waals surface area contributed by atoms with Gasteiger partial charge in [0.1, 0.15) is 6.54 Å². The van der Waals surface area contributed by atoms with Crippen LogP contribution in [0.3, 0.4) is 0 Å². The van der Waals surface area contributed by atoms with Crippen LogP contribution in [0.4, 0.5) is 5.69 Å². The number of aromatic nitrogens is 2. The predicted molar refractivity (Wildman–Crippen MR) is 85.6 cm³/mol. The zero-order valence-corrected chi connectivity index (χ0v) is 13.1. The smallest absolute Gasteiger partial charge is 0.328 e. The molecular weight excluding hydrogens is 316 g/mol. The number of carbonyl (C=O) groups excluding carboxylic acids is 1. The second-order valence-corrected chi connectivity index (χ2v) is 5.27. The molecule has 0 aliphatic carbocycles. The molecule has 1 amide bonds. The number of nitro benzene ring substituents is 1. The van der Waals surface area contributed by atoms with Gasteiger partial charge in [0.15, 0.2) is 0 Å². The maximum absolute atomic E-state index is 12.3. The lowest BCUT2D eigenvalue weighted by atomic mass is 10.1. The van der Waals surface area contributed by atoms with E-state index < -0.39 is 22.2 Å². The molecule has 24 heavy (non-hydrogen) atoms. The second-order valence-electron chi connectivity index (χ2n) is 5.27. The Balaban J connectivity index is 2.17. The lowest BCUT2D eigenvalue weighted by Crippen LogP contribution is -2.37. The number of H-pyrrole nitrogens is 1. The van der Waals surface area contributed by atoms with Gasteiger partial charge >= 0.3 is 5.69 Å². The quantitative estimate of drug-likeness (QED) is 0.637. The highest BCUT2D eigenvalue weighted by Gasteiger charge is 2.19. The van der Waals surface area contributed by atoms with Crippen molar-refractivity contribution < 1.29 is 9.72 Å². The fourth-order valence-electron chi connectivity index (χ4n) is 2.16. The highest BCUT2D eigenvalue weighted by atomic mass is 16.6. The van der Waals surface area contributed by atoms with Gasteiger partial charge in [0.05, 0.1) is 11.0 Å². The Morgan fingerprint density at radius 1 is 1.38 bits per heavy atom. The number of carbonyl (C=O) groups is 1. The number of amides is 1. The summed E-state index contributed by atoms with van der Waals surface area (Å²) in [6.07, 6.45) is 1.24. The number of non-ortho nitro benzene ring substituents is 1. The molecule has 0 saturated heterocycles. The number of hydrogen-bond donors (Lipinski definition) is 1. The van der Waals surface area contributed by atoms with E-state index in [2.05, 4.69) is 4.98 Å². The molecule has 0 aliphatic heterocycles. The Morgan fingerprint density at radius 3 is 2.71 bits per heavy atom. The number of nitrogens with one attached hydrogen (secondary N) is 1. The van der Waals surface area contributed by atoms with Crippen molar-refractivity contribution in [2.24, 2.45) is 0 Å². The number of aromatic amines is 1. The summed E-state index contributed by atoms with van der Waals surface area (Å²) in [5, 5.41) is 10.8. The molecule has 9 nitrogen and oxygen atoms in total. The van der Waals surface area contributed by atoms with Crippen LogP contribution in [0.25, 0.3) is 0 Å². The molecular formula is C15H16N4O5. The normalized spacial score (nSPS) is 11.8. The number of nitrogens with zero attached hydrogens (tertiary/aromatic N) is 3. The van der Waals surface area contributed by atoms with Crippen LogP contribution in [-0.4, -0.2) is 32.3 Å². The SMILES string of the molecule is C[C@@H](c1cccc([N+](=O)[O-])c1)N(C)C(=O)Cn1ccc(=O)[nH]c1=O. The van der Waals surface area contributed by atoms with Gasteiger partial charge in [0.25, 0.3) is 11.2 Å². The lowest BCUT2D eigenvalue weighted by Gasteiger charge is -2.25. The van der Waals surface area contributed by atoms with E-state index in [1.54, 1.807) is 26.1 Å². The number of rotatable bonds is 5. The number of nitro groups is 1. The molecule has 1 heterocycles. The molecule has 0 aliphatic rings. The van der Waals surface area contributed by atoms with Crippen LogP contribution < -0.4 is 11.2 Å². The summed E-state index contributed by atoms with van der Waals surface area (Å²) in [5.74, 6) is -0.372. The lowest BCUT2D eigenvalue weighted by molar-refractivity contribution is -0.384. The Kier molecular flexibility index (Phi) is 4.93. The average molecular weight is 332 g/mol. The molecule has 0 bridgehead atoms. The van der Waals surface area contributed by atoms with Crippen molar-refractivity contribution in [3.8, 4) is 0 Å². The molecule has 2 aromatic rings. The van der Waals surface area contributed by atoms with Gasteiger partial charge in [-0.05, 0) is 12.5 Å². The Morgan fingerprint density at radius 2 is 2.08 bits per heavy atom. The molecule has 126 valence electrons. The summed E-state index contributed by atoms with van der Waals surface area (Å²) >= 11 is 0. The summed E-state index contributed by atoms with van der Waals surface area (Å²) in [7, 11) is 1.54. The van der Waals surface area contributed by atoms with Gasteiger partial charge in [-0.2, -0.15) is 0 Å². The van der Waals surface area contributed by atoms with Crippen molar-refractivity contribution in [2.75, 3.05) is 7.05 Å². The van der Waals surface area contributed by atoms with E-state index in [1.165, 1.54) is 23.2 Å². The van der Waals surface area contributed by atoms with Crippen molar-refractivity contribution in [3.05, 3.63) is 73.0 Å². The topological polar surface area (TPSA) is 118 Å². The maximum atomic E-state index is 12.3.